The molecule has 2 aliphatic carbocycles. The third-order valence-corrected chi connectivity index (χ3v) is 13.6. The van der Waals surface area contributed by atoms with Crippen molar-refractivity contribution < 1.29 is 17.9 Å². The smallest absolute Gasteiger partial charge is 0.264 e. The molecule has 7 nitrogen and oxygen atoms in total. The number of nitriles is 1. The number of nitrogens with one attached hydrogen (secondary N) is 1. The molecule has 1 spiro atoms. The number of aryl methyl sites for hydroxylation is 1. The summed E-state index contributed by atoms with van der Waals surface area (Å²) in [6.45, 7) is 7.92. The van der Waals surface area contributed by atoms with E-state index in [1.54, 1.807) is 13.0 Å². The van der Waals surface area contributed by atoms with Crippen molar-refractivity contribution in [2.24, 2.45) is 23.2 Å². The molecule has 1 fully saturated rings. The molecule has 44 heavy (non-hydrogen) atoms. The van der Waals surface area contributed by atoms with Crippen LogP contribution >= 0.6 is 11.6 Å². The van der Waals surface area contributed by atoms with Gasteiger partial charge < -0.3 is 9.64 Å². The van der Waals surface area contributed by atoms with Gasteiger partial charge in [-0.05, 0) is 116 Å². The van der Waals surface area contributed by atoms with Crippen molar-refractivity contribution in [3.05, 3.63) is 58.1 Å². The highest BCUT2D eigenvalue weighted by atomic mass is 35.5. The van der Waals surface area contributed by atoms with Crippen LogP contribution in [-0.2, 0) is 21.9 Å². The fourth-order valence-electron chi connectivity index (χ4n) is 8.48. The Balaban J connectivity index is 1.44. The Morgan fingerprint density at radius 2 is 1.93 bits per heavy atom. The van der Waals surface area contributed by atoms with E-state index in [1.807, 2.05) is 25.1 Å². The van der Waals surface area contributed by atoms with E-state index in [0.717, 1.165) is 75.2 Å². The zero-order valence-electron chi connectivity index (χ0n) is 26.1. The molecule has 2 heterocycles. The first-order valence-electron chi connectivity index (χ1n) is 16.2. The number of hydrogen-bond acceptors (Lipinski definition) is 6. The van der Waals surface area contributed by atoms with Crippen molar-refractivity contribution in [2.75, 3.05) is 24.6 Å². The third-order valence-electron chi connectivity index (χ3n) is 11.5. The molecule has 4 aliphatic rings. The van der Waals surface area contributed by atoms with E-state index in [4.69, 9.17) is 16.3 Å². The number of sulfonamides is 1. The molecule has 0 saturated heterocycles. The van der Waals surface area contributed by atoms with Gasteiger partial charge in [0.1, 0.15) is 5.75 Å². The number of anilines is 1. The largest absolute Gasteiger partial charge is 0.490 e. The van der Waals surface area contributed by atoms with Gasteiger partial charge in [0, 0.05) is 35.5 Å². The first-order chi connectivity index (χ1) is 20.9. The zero-order chi connectivity index (χ0) is 31.3. The van der Waals surface area contributed by atoms with Gasteiger partial charge >= 0.3 is 0 Å². The van der Waals surface area contributed by atoms with Crippen molar-refractivity contribution in [1.29, 1.82) is 5.26 Å². The molecule has 0 unspecified atom stereocenters. The molecule has 9 heteroatoms. The van der Waals surface area contributed by atoms with Crippen molar-refractivity contribution in [3.63, 3.8) is 0 Å². The van der Waals surface area contributed by atoms with E-state index in [1.165, 1.54) is 11.1 Å². The van der Waals surface area contributed by atoms with Crippen molar-refractivity contribution in [3.8, 4) is 11.8 Å². The molecule has 1 amide bonds. The predicted molar refractivity (Wildman–Crippen MR) is 174 cm³/mol. The van der Waals surface area contributed by atoms with Crippen LogP contribution in [0.2, 0.25) is 5.02 Å². The summed E-state index contributed by atoms with van der Waals surface area (Å²) < 4.78 is 35.6. The van der Waals surface area contributed by atoms with Crippen LogP contribution < -0.4 is 14.4 Å². The van der Waals surface area contributed by atoms with Gasteiger partial charge in [0.15, 0.2) is 0 Å². The van der Waals surface area contributed by atoms with Crippen LogP contribution in [0, 0.1) is 34.5 Å². The molecule has 2 aromatic carbocycles. The first-order valence-corrected chi connectivity index (χ1v) is 18.1. The van der Waals surface area contributed by atoms with Crippen LogP contribution in [0.1, 0.15) is 93.6 Å². The summed E-state index contributed by atoms with van der Waals surface area (Å²) in [7, 11) is -3.89. The average Bonchev–Trinajstić information content (AvgIpc) is 3.11. The maximum Gasteiger partial charge on any atom is 0.264 e. The van der Waals surface area contributed by atoms with E-state index in [-0.39, 0.29) is 16.7 Å². The summed E-state index contributed by atoms with van der Waals surface area (Å²) in [5, 5.41) is 9.90. The fourth-order valence-corrected chi connectivity index (χ4v) is 9.98. The normalized spacial score (nSPS) is 33.4. The monoisotopic (exact) mass is 637 g/mol. The topological polar surface area (TPSA) is 99.5 Å². The van der Waals surface area contributed by atoms with Gasteiger partial charge in [-0.15, -0.1) is 0 Å². The number of carbonyl (C=O) groups is 1. The lowest BCUT2D eigenvalue weighted by Crippen LogP contribution is -2.50. The molecule has 1 saturated carbocycles. The number of amides is 1. The van der Waals surface area contributed by atoms with Crippen molar-refractivity contribution >= 4 is 33.2 Å². The Morgan fingerprint density at radius 1 is 1.11 bits per heavy atom. The van der Waals surface area contributed by atoms with Gasteiger partial charge in [-0.3, -0.25) is 4.79 Å². The molecular formula is C35H44ClN3O4S. The molecule has 6 rings (SSSR count). The SMILES string of the molecule is C[C@@H]1[C@@H](C)CCC[C@@](C)(CC#N)[C@@H]2CC[C@H]2CN2C[C@@]3(CCCc4cc(Cl)ccc43)COc3ccc(cc32)C(=O)NS1(=O)=O. The standard InChI is InChI=1S/C35H44ClN3O4S/c1-23-6-4-14-34(3,16-17-37)29-11-8-27(29)20-39-21-35(15-5-7-25-18-28(36)10-12-30(25)35)22-43-32-13-9-26(19-31(32)39)33(40)38-44(41,42)24(23)2/h9-10,12-13,18-19,23-24,27,29H,4-8,11,14-16,20-22H2,1-3H3,(H,38,40)/t23-,24+,27-,29+,34-,35-/m0/s1. The summed E-state index contributed by atoms with van der Waals surface area (Å²) in [5.41, 5.74) is 3.30. The zero-order valence-corrected chi connectivity index (χ0v) is 27.6. The number of halogens is 1. The number of hydrogen-bond donors (Lipinski definition) is 1. The summed E-state index contributed by atoms with van der Waals surface area (Å²) in [6.07, 6.45) is 8.14. The van der Waals surface area contributed by atoms with Crippen LogP contribution in [0.5, 0.6) is 5.75 Å². The number of fused-ring (bicyclic) bond motifs is 4. The second kappa shape index (κ2) is 11.9. The van der Waals surface area contributed by atoms with E-state index in [0.29, 0.717) is 36.2 Å². The van der Waals surface area contributed by atoms with Gasteiger partial charge in [0.05, 0.1) is 23.6 Å². The summed E-state index contributed by atoms with van der Waals surface area (Å²) in [5.74, 6) is 0.780. The highest BCUT2D eigenvalue weighted by Crippen LogP contribution is 2.53. The van der Waals surface area contributed by atoms with Crippen LogP contribution in [0.25, 0.3) is 0 Å². The molecule has 2 aliphatic heterocycles. The summed E-state index contributed by atoms with van der Waals surface area (Å²) in [4.78, 5) is 15.8. The molecule has 2 bridgehead atoms. The van der Waals surface area contributed by atoms with Gasteiger partial charge in [-0.1, -0.05) is 37.9 Å². The number of ether oxygens (including phenoxy) is 1. The lowest BCUT2D eigenvalue weighted by molar-refractivity contribution is 0.0263. The highest BCUT2D eigenvalue weighted by Gasteiger charge is 2.47. The van der Waals surface area contributed by atoms with Gasteiger partial charge in [0.25, 0.3) is 5.91 Å². The van der Waals surface area contributed by atoms with Crippen LogP contribution in [0.15, 0.2) is 36.4 Å². The number of carbonyl (C=O) groups excluding carboxylic acids is 1. The van der Waals surface area contributed by atoms with Crippen molar-refractivity contribution in [1.82, 2.24) is 4.72 Å². The molecule has 1 N–H and O–H groups in total. The Hall–Kier alpha value is -2.76. The van der Waals surface area contributed by atoms with E-state index >= 15 is 0 Å². The van der Waals surface area contributed by atoms with E-state index < -0.39 is 21.2 Å². The molecule has 6 atom stereocenters. The quantitative estimate of drug-likeness (QED) is 0.361. The fraction of sp³-hybridized carbons (Fsp3) is 0.600. The van der Waals surface area contributed by atoms with Gasteiger partial charge in [-0.25, -0.2) is 13.1 Å². The maximum atomic E-state index is 13.4. The van der Waals surface area contributed by atoms with E-state index in [9.17, 15) is 18.5 Å². The lowest BCUT2D eigenvalue weighted by Gasteiger charge is -2.50. The number of benzene rings is 2. The average molecular weight is 638 g/mol. The Bertz CT molecular complexity index is 1590. The first kappa shape index (κ1) is 31.2. The molecule has 0 radical (unpaired) electrons. The minimum Gasteiger partial charge on any atom is -0.490 e. The van der Waals surface area contributed by atoms with Crippen LogP contribution in [0.4, 0.5) is 5.69 Å². The lowest BCUT2D eigenvalue weighted by atomic mass is 9.57. The third kappa shape index (κ3) is 5.71. The minimum atomic E-state index is -3.89. The second-order valence-electron chi connectivity index (χ2n) is 14.3. The Morgan fingerprint density at radius 3 is 2.68 bits per heavy atom. The van der Waals surface area contributed by atoms with Gasteiger partial charge in [-0.2, -0.15) is 5.26 Å². The second-order valence-corrected chi connectivity index (χ2v) is 16.7. The predicted octanol–water partition coefficient (Wildman–Crippen LogP) is 7.03. The van der Waals surface area contributed by atoms with Crippen molar-refractivity contribution in [2.45, 2.75) is 89.2 Å². The molecular weight excluding hydrogens is 594 g/mol. The number of nitrogens with zero attached hydrogens (tertiary/aromatic N) is 2. The Labute approximate surface area is 267 Å². The van der Waals surface area contributed by atoms with Gasteiger partial charge in [0.2, 0.25) is 10.0 Å². The van der Waals surface area contributed by atoms with E-state index in [2.05, 4.69) is 34.7 Å². The minimum absolute atomic E-state index is 0.128. The summed E-state index contributed by atoms with van der Waals surface area (Å²) >= 11 is 6.42. The highest BCUT2D eigenvalue weighted by molar-refractivity contribution is 7.90. The molecule has 0 aromatic heterocycles. The molecule has 236 valence electrons. The van der Waals surface area contributed by atoms with Crippen LogP contribution in [-0.4, -0.2) is 39.3 Å². The maximum absolute atomic E-state index is 13.4. The van der Waals surface area contributed by atoms with Crippen LogP contribution in [0.3, 0.4) is 0 Å². The Kier molecular flexibility index (Phi) is 8.43. The summed E-state index contributed by atoms with van der Waals surface area (Å²) in [6, 6.07) is 14.0. The molecule has 2 aromatic rings. The number of rotatable bonds is 1.